The largest absolute Gasteiger partial charge is 0.351 e. The fourth-order valence-electron chi connectivity index (χ4n) is 3.02. The zero-order valence-electron chi connectivity index (χ0n) is 15.3. The van der Waals surface area contributed by atoms with E-state index in [4.69, 9.17) is 12.2 Å². The molecule has 26 heavy (non-hydrogen) atoms. The Morgan fingerprint density at radius 3 is 2.35 bits per heavy atom. The summed E-state index contributed by atoms with van der Waals surface area (Å²) in [6.45, 7) is 6.28. The SMILES string of the molecule is Cc1ccnc(NC(=S)NC(c2ccccc2)c2ccc(C)cc2C)c1. The number of pyridine rings is 1. The highest BCUT2D eigenvalue weighted by atomic mass is 32.1. The maximum Gasteiger partial charge on any atom is 0.172 e. The molecule has 0 fully saturated rings. The number of anilines is 1. The number of aromatic nitrogens is 1. The van der Waals surface area contributed by atoms with Gasteiger partial charge in [-0.25, -0.2) is 4.98 Å². The van der Waals surface area contributed by atoms with E-state index in [9.17, 15) is 0 Å². The zero-order chi connectivity index (χ0) is 18.5. The van der Waals surface area contributed by atoms with Gasteiger partial charge in [0.25, 0.3) is 0 Å². The van der Waals surface area contributed by atoms with Crippen molar-refractivity contribution < 1.29 is 0 Å². The quantitative estimate of drug-likeness (QED) is 0.635. The highest BCUT2D eigenvalue weighted by Gasteiger charge is 2.17. The topological polar surface area (TPSA) is 37.0 Å². The van der Waals surface area contributed by atoms with Gasteiger partial charge in [-0.15, -0.1) is 0 Å². The average Bonchev–Trinajstić information content (AvgIpc) is 2.61. The van der Waals surface area contributed by atoms with Crippen LogP contribution in [0.5, 0.6) is 0 Å². The second-order valence-electron chi connectivity index (χ2n) is 6.52. The molecule has 1 unspecified atom stereocenters. The molecule has 0 spiro atoms. The molecule has 1 aromatic heterocycles. The molecule has 2 aromatic carbocycles. The minimum Gasteiger partial charge on any atom is -0.351 e. The molecule has 3 nitrogen and oxygen atoms in total. The maximum absolute atomic E-state index is 5.56. The van der Waals surface area contributed by atoms with Crippen LogP contribution in [0, 0.1) is 20.8 Å². The number of nitrogens with one attached hydrogen (secondary N) is 2. The smallest absolute Gasteiger partial charge is 0.172 e. The van der Waals surface area contributed by atoms with E-state index in [0.29, 0.717) is 5.11 Å². The van der Waals surface area contributed by atoms with Gasteiger partial charge in [-0.3, -0.25) is 0 Å². The number of hydrogen-bond donors (Lipinski definition) is 2. The molecule has 0 radical (unpaired) electrons. The predicted octanol–water partition coefficient (Wildman–Crippen LogP) is 5.08. The van der Waals surface area contributed by atoms with Gasteiger partial charge < -0.3 is 10.6 Å². The van der Waals surface area contributed by atoms with E-state index in [0.717, 1.165) is 11.4 Å². The van der Waals surface area contributed by atoms with Crippen LogP contribution < -0.4 is 10.6 Å². The van der Waals surface area contributed by atoms with Gasteiger partial charge in [0.05, 0.1) is 6.04 Å². The Labute approximate surface area is 160 Å². The van der Waals surface area contributed by atoms with Crippen molar-refractivity contribution >= 4 is 23.1 Å². The van der Waals surface area contributed by atoms with Crippen molar-refractivity contribution in [2.75, 3.05) is 5.32 Å². The molecule has 132 valence electrons. The second-order valence-corrected chi connectivity index (χ2v) is 6.93. The Hall–Kier alpha value is -2.72. The standard InChI is InChI=1S/C22H23N3S/c1-15-9-10-19(17(3)13-15)21(18-7-5-4-6-8-18)25-22(26)24-20-14-16(2)11-12-23-20/h4-14,21H,1-3H3,(H2,23,24,25,26). The highest BCUT2D eigenvalue weighted by molar-refractivity contribution is 7.80. The van der Waals surface area contributed by atoms with E-state index >= 15 is 0 Å². The lowest BCUT2D eigenvalue weighted by molar-refractivity contribution is 0.761. The summed E-state index contributed by atoms with van der Waals surface area (Å²) in [5.74, 6) is 0.745. The first-order chi connectivity index (χ1) is 12.5. The van der Waals surface area contributed by atoms with Gasteiger partial charge in [0.2, 0.25) is 0 Å². The molecular formula is C22H23N3S. The number of hydrogen-bond acceptors (Lipinski definition) is 2. The lowest BCUT2D eigenvalue weighted by Gasteiger charge is -2.23. The van der Waals surface area contributed by atoms with Gasteiger partial charge in [-0.1, -0.05) is 54.1 Å². The molecular weight excluding hydrogens is 338 g/mol. The van der Waals surface area contributed by atoms with Crippen molar-refractivity contribution in [1.82, 2.24) is 10.3 Å². The monoisotopic (exact) mass is 361 g/mol. The average molecular weight is 362 g/mol. The first-order valence-electron chi connectivity index (χ1n) is 8.65. The van der Waals surface area contributed by atoms with Gasteiger partial charge in [0.1, 0.15) is 5.82 Å². The van der Waals surface area contributed by atoms with Crippen molar-refractivity contribution in [2.24, 2.45) is 0 Å². The summed E-state index contributed by atoms with van der Waals surface area (Å²) >= 11 is 5.56. The Bertz CT molecular complexity index is 906. The highest BCUT2D eigenvalue weighted by Crippen LogP contribution is 2.26. The first-order valence-corrected chi connectivity index (χ1v) is 9.06. The molecule has 1 heterocycles. The summed E-state index contributed by atoms with van der Waals surface area (Å²) in [6, 6.07) is 20.8. The Morgan fingerprint density at radius 2 is 1.65 bits per heavy atom. The lowest BCUT2D eigenvalue weighted by Crippen LogP contribution is -2.33. The Balaban J connectivity index is 1.87. The molecule has 3 rings (SSSR count). The van der Waals surface area contributed by atoms with Gasteiger partial charge in [0, 0.05) is 6.20 Å². The van der Waals surface area contributed by atoms with Crippen molar-refractivity contribution in [3.63, 3.8) is 0 Å². The van der Waals surface area contributed by atoms with Crippen molar-refractivity contribution in [2.45, 2.75) is 26.8 Å². The van der Waals surface area contributed by atoms with E-state index in [2.05, 4.69) is 59.8 Å². The summed E-state index contributed by atoms with van der Waals surface area (Å²) in [7, 11) is 0. The zero-order valence-corrected chi connectivity index (χ0v) is 16.1. The van der Waals surface area contributed by atoms with E-state index in [1.165, 1.54) is 22.3 Å². The number of aryl methyl sites for hydroxylation is 3. The fraction of sp³-hybridized carbons (Fsp3) is 0.182. The molecule has 0 saturated heterocycles. The van der Waals surface area contributed by atoms with E-state index in [1.54, 1.807) is 6.20 Å². The van der Waals surface area contributed by atoms with Crippen LogP contribution in [0.4, 0.5) is 5.82 Å². The van der Waals surface area contributed by atoms with Gasteiger partial charge in [-0.05, 0) is 67.4 Å². The van der Waals surface area contributed by atoms with Crippen LogP contribution in [0.1, 0.15) is 33.9 Å². The number of benzene rings is 2. The summed E-state index contributed by atoms with van der Waals surface area (Å²) in [6.07, 6.45) is 1.78. The van der Waals surface area contributed by atoms with Crippen molar-refractivity contribution in [3.05, 3.63) is 94.7 Å². The van der Waals surface area contributed by atoms with Crippen molar-refractivity contribution in [3.8, 4) is 0 Å². The van der Waals surface area contributed by atoms with Crippen LogP contribution in [0.2, 0.25) is 0 Å². The van der Waals surface area contributed by atoms with Gasteiger partial charge in [0.15, 0.2) is 5.11 Å². The number of thiocarbonyl (C=S) groups is 1. The molecule has 0 amide bonds. The Kier molecular flexibility index (Phi) is 5.64. The van der Waals surface area contributed by atoms with Crippen LogP contribution in [0.25, 0.3) is 0 Å². The summed E-state index contributed by atoms with van der Waals surface area (Å²) in [5.41, 5.74) is 6.01. The molecule has 4 heteroatoms. The molecule has 0 bridgehead atoms. The van der Waals surface area contributed by atoms with Crippen LogP contribution in [0.3, 0.4) is 0 Å². The van der Waals surface area contributed by atoms with E-state index < -0.39 is 0 Å². The van der Waals surface area contributed by atoms with Gasteiger partial charge in [-0.2, -0.15) is 0 Å². The second kappa shape index (κ2) is 8.11. The first kappa shape index (κ1) is 18.1. The minimum atomic E-state index is -0.0263. The van der Waals surface area contributed by atoms with Crippen molar-refractivity contribution in [1.29, 1.82) is 0 Å². The normalized spacial score (nSPS) is 11.7. The number of rotatable bonds is 4. The van der Waals surface area contributed by atoms with Gasteiger partial charge >= 0.3 is 0 Å². The maximum atomic E-state index is 5.56. The molecule has 3 aromatic rings. The third kappa shape index (κ3) is 4.46. The van der Waals surface area contributed by atoms with Crippen LogP contribution in [-0.2, 0) is 0 Å². The summed E-state index contributed by atoms with van der Waals surface area (Å²) < 4.78 is 0. The molecule has 0 saturated carbocycles. The van der Waals surface area contributed by atoms with E-state index in [-0.39, 0.29) is 6.04 Å². The van der Waals surface area contributed by atoms with E-state index in [1.807, 2.05) is 37.3 Å². The molecule has 1 atom stereocenters. The van der Waals surface area contributed by atoms with Crippen LogP contribution in [0.15, 0.2) is 66.9 Å². The lowest BCUT2D eigenvalue weighted by atomic mass is 9.94. The molecule has 2 N–H and O–H groups in total. The van der Waals surface area contributed by atoms with Crippen LogP contribution >= 0.6 is 12.2 Å². The fourth-order valence-corrected chi connectivity index (χ4v) is 3.25. The summed E-state index contributed by atoms with van der Waals surface area (Å²) in [5, 5.41) is 7.20. The molecule has 0 aliphatic carbocycles. The third-order valence-electron chi connectivity index (χ3n) is 4.30. The summed E-state index contributed by atoms with van der Waals surface area (Å²) in [4.78, 5) is 4.32. The number of nitrogens with zero attached hydrogens (tertiary/aromatic N) is 1. The minimum absolute atomic E-state index is 0.0263. The molecule has 0 aliphatic rings. The third-order valence-corrected chi connectivity index (χ3v) is 4.52. The predicted molar refractivity (Wildman–Crippen MR) is 113 cm³/mol. The molecule has 0 aliphatic heterocycles. The Morgan fingerprint density at radius 1 is 0.923 bits per heavy atom. The van der Waals surface area contributed by atoms with Crippen LogP contribution in [-0.4, -0.2) is 10.1 Å².